The van der Waals surface area contributed by atoms with Gasteiger partial charge in [-0.05, 0) is 60.2 Å². The van der Waals surface area contributed by atoms with Crippen LogP contribution in [0.1, 0.15) is 39.5 Å². The third-order valence-corrected chi connectivity index (χ3v) is 5.73. The summed E-state index contributed by atoms with van der Waals surface area (Å²) in [6.45, 7) is -0.584. The average molecular weight is 456 g/mol. The molecule has 0 spiro atoms. The summed E-state index contributed by atoms with van der Waals surface area (Å²) in [5, 5.41) is 12.9. The number of carboxylic acid groups (broad SMARTS) is 1. The summed E-state index contributed by atoms with van der Waals surface area (Å²) in [7, 11) is 0. The Bertz CT molecular complexity index is 1150. The molecule has 8 heteroatoms. The number of carboxylic acids is 1. The Hall–Kier alpha value is -3.39. The minimum absolute atomic E-state index is 0.0429. The molecule has 5 nitrogen and oxygen atoms in total. The lowest BCUT2D eigenvalue weighted by molar-refractivity contribution is -0.153. The van der Waals surface area contributed by atoms with Crippen molar-refractivity contribution in [3.63, 3.8) is 0 Å². The number of para-hydroxylation sites is 1. The second-order valence-electron chi connectivity index (χ2n) is 7.95. The number of nitrogens with zero attached hydrogens (tertiary/aromatic N) is 1. The highest BCUT2D eigenvalue weighted by atomic mass is 19.4. The van der Waals surface area contributed by atoms with E-state index in [0.717, 1.165) is 29.7 Å². The van der Waals surface area contributed by atoms with E-state index in [-0.39, 0.29) is 17.4 Å². The molecule has 1 aliphatic heterocycles. The van der Waals surface area contributed by atoms with Crippen molar-refractivity contribution in [3.05, 3.63) is 83.2 Å². The van der Waals surface area contributed by atoms with Gasteiger partial charge in [0.15, 0.2) is 6.61 Å². The minimum atomic E-state index is -4.41. The van der Waals surface area contributed by atoms with Crippen LogP contribution >= 0.6 is 0 Å². The first-order valence-corrected chi connectivity index (χ1v) is 10.6. The van der Waals surface area contributed by atoms with Crippen LogP contribution in [0, 0.1) is 0 Å². The van der Waals surface area contributed by atoms with Crippen molar-refractivity contribution in [2.75, 3.05) is 13.2 Å². The molecule has 0 aliphatic carbocycles. The maximum Gasteiger partial charge on any atom is 0.422 e. The van der Waals surface area contributed by atoms with Gasteiger partial charge in [0.25, 0.3) is 0 Å². The first-order chi connectivity index (χ1) is 15.8. The summed E-state index contributed by atoms with van der Waals surface area (Å²) in [5.41, 5.74) is 4.58. The molecule has 0 amide bonds. The third kappa shape index (κ3) is 5.51. The highest BCUT2D eigenvalue weighted by Crippen LogP contribution is 2.35. The fraction of sp³-hybridized carbons (Fsp3) is 0.280. The molecule has 2 aromatic carbocycles. The number of aromatic carboxylic acids is 1. The van der Waals surface area contributed by atoms with Gasteiger partial charge in [0.2, 0.25) is 0 Å². The van der Waals surface area contributed by atoms with Crippen LogP contribution in [0.15, 0.2) is 60.9 Å². The van der Waals surface area contributed by atoms with Crippen LogP contribution in [0.25, 0.3) is 11.1 Å². The van der Waals surface area contributed by atoms with Crippen LogP contribution in [0.5, 0.6) is 5.75 Å². The monoisotopic (exact) mass is 456 g/mol. The molecule has 0 saturated heterocycles. The van der Waals surface area contributed by atoms with Crippen molar-refractivity contribution < 1.29 is 27.8 Å². The summed E-state index contributed by atoms with van der Waals surface area (Å²) in [5.74, 6) is -0.779. The van der Waals surface area contributed by atoms with E-state index in [1.807, 2.05) is 18.2 Å². The van der Waals surface area contributed by atoms with Crippen LogP contribution < -0.4 is 10.1 Å². The number of aromatic nitrogens is 1. The van der Waals surface area contributed by atoms with Gasteiger partial charge in [-0.1, -0.05) is 36.4 Å². The Balaban J connectivity index is 1.55. The number of alkyl halides is 3. The van der Waals surface area contributed by atoms with Gasteiger partial charge < -0.3 is 15.2 Å². The summed E-state index contributed by atoms with van der Waals surface area (Å²) < 4.78 is 43.0. The number of hydrogen-bond donors (Lipinski definition) is 2. The molecule has 0 radical (unpaired) electrons. The van der Waals surface area contributed by atoms with Crippen molar-refractivity contribution in [1.82, 2.24) is 10.3 Å². The van der Waals surface area contributed by atoms with E-state index >= 15 is 0 Å². The molecule has 0 saturated carbocycles. The maximum absolute atomic E-state index is 12.6. The molecule has 2 heterocycles. The molecule has 1 aromatic heterocycles. The van der Waals surface area contributed by atoms with Crippen LogP contribution in [-0.4, -0.2) is 35.4 Å². The molecule has 1 atom stereocenters. The van der Waals surface area contributed by atoms with E-state index in [4.69, 9.17) is 4.74 Å². The molecular weight excluding hydrogens is 433 g/mol. The predicted molar refractivity (Wildman–Crippen MR) is 117 cm³/mol. The summed E-state index contributed by atoms with van der Waals surface area (Å²) in [4.78, 5) is 15.5. The fourth-order valence-electron chi connectivity index (χ4n) is 4.20. The van der Waals surface area contributed by atoms with E-state index in [9.17, 15) is 23.1 Å². The second kappa shape index (κ2) is 9.62. The lowest BCUT2D eigenvalue weighted by atomic mass is 9.88. The highest BCUT2D eigenvalue weighted by Gasteiger charge is 2.29. The lowest BCUT2D eigenvalue weighted by Gasteiger charge is -2.28. The van der Waals surface area contributed by atoms with Crippen LogP contribution in [0.4, 0.5) is 13.2 Å². The van der Waals surface area contributed by atoms with Crippen molar-refractivity contribution in [2.24, 2.45) is 0 Å². The van der Waals surface area contributed by atoms with E-state index in [1.54, 1.807) is 30.5 Å². The highest BCUT2D eigenvalue weighted by molar-refractivity contribution is 5.89. The second-order valence-corrected chi connectivity index (χ2v) is 7.95. The predicted octanol–water partition coefficient (Wildman–Crippen LogP) is 5.21. The molecule has 172 valence electrons. The van der Waals surface area contributed by atoms with Crippen LogP contribution in [-0.2, 0) is 12.8 Å². The molecule has 1 aliphatic rings. The summed E-state index contributed by atoms with van der Waals surface area (Å²) >= 11 is 0. The summed E-state index contributed by atoms with van der Waals surface area (Å²) in [6, 6.07) is 14.1. The minimum Gasteiger partial charge on any atom is -0.483 e. The van der Waals surface area contributed by atoms with Crippen molar-refractivity contribution in [1.29, 1.82) is 0 Å². The molecule has 3 aromatic rings. The van der Waals surface area contributed by atoms with Gasteiger partial charge >= 0.3 is 12.1 Å². The Kier molecular flexibility index (Phi) is 6.65. The number of ether oxygens (including phenoxy) is 1. The molecule has 2 N–H and O–H groups in total. The van der Waals surface area contributed by atoms with Crippen LogP contribution in [0.2, 0.25) is 0 Å². The standard InChI is InChI=1S/C25H23F3N2O3/c26-25(27,28)15-33-23-4-2-1-3-20(23)16-5-7-19-17(13-16)9-12-30-22(19)8-6-18-14-29-11-10-21(18)24(31)32/h1-5,7,10-11,13-14,22,30H,6,8-9,12,15H2,(H,31,32)/t22-/m0/s1. The number of halogens is 3. The molecule has 4 rings (SSSR count). The van der Waals surface area contributed by atoms with Gasteiger partial charge in [0, 0.05) is 24.0 Å². The zero-order chi connectivity index (χ0) is 23.4. The number of hydrogen-bond acceptors (Lipinski definition) is 4. The Morgan fingerprint density at radius 1 is 1.18 bits per heavy atom. The molecule has 33 heavy (non-hydrogen) atoms. The van der Waals surface area contributed by atoms with Gasteiger partial charge in [-0.15, -0.1) is 0 Å². The molecular formula is C25H23F3N2O3. The third-order valence-electron chi connectivity index (χ3n) is 5.73. The molecule has 0 fully saturated rings. The number of benzene rings is 2. The van der Waals surface area contributed by atoms with E-state index in [0.29, 0.717) is 24.0 Å². The molecule has 0 bridgehead atoms. The van der Waals surface area contributed by atoms with Gasteiger partial charge in [-0.3, -0.25) is 4.98 Å². The largest absolute Gasteiger partial charge is 0.483 e. The van der Waals surface area contributed by atoms with E-state index < -0.39 is 18.8 Å². The number of fused-ring (bicyclic) bond motifs is 1. The van der Waals surface area contributed by atoms with E-state index in [2.05, 4.69) is 10.3 Å². The normalized spacial score (nSPS) is 15.7. The first kappa shape index (κ1) is 22.8. The SMILES string of the molecule is O=C(O)c1ccncc1CC[C@@H]1NCCc2cc(-c3ccccc3OCC(F)(F)F)ccc21. The van der Waals surface area contributed by atoms with Crippen molar-refractivity contribution in [3.8, 4) is 16.9 Å². The topological polar surface area (TPSA) is 71.5 Å². The number of nitrogens with one attached hydrogen (secondary N) is 1. The zero-order valence-corrected chi connectivity index (χ0v) is 17.7. The van der Waals surface area contributed by atoms with Gasteiger partial charge in [0.1, 0.15) is 5.75 Å². The Labute approximate surface area is 189 Å². The first-order valence-electron chi connectivity index (χ1n) is 10.6. The van der Waals surface area contributed by atoms with Crippen molar-refractivity contribution >= 4 is 5.97 Å². The number of carbonyl (C=O) groups is 1. The van der Waals surface area contributed by atoms with Gasteiger partial charge in [-0.25, -0.2) is 4.79 Å². The number of rotatable bonds is 7. The fourth-order valence-corrected chi connectivity index (χ4v) is 4.20. The Morgan fingerprint density at radius 3 is 2.79 bits per heavy atom. The van der Waals surface area contributed by atoms with Gasteiger partial charge in [-0.2, -0.15) is 13.2 Å². The summed E-state index contributed by atoms with van der Waals surface area (Å²) in [6.07, 6.45) is 0.703. The smallest absolute Gasteiger partial charge is 0.422 e. The maximum atomic E-state index is 12.6. The van der Waals surface area contributed by atoms with Crippen LogP contribution in [0.3, 0.4) is 0 Å². The van der Waals surface area contributed by atoms with Crippen molar-refractivity contribution in [2.45, 2.75) is 31.5 Å². The average Bonchev–Trinajstić information content (AvgIpc) is 2.81. The van der Waals surface area contributed by atoms with Gasteiger partial charge in [0.05, 0.1) is 5.56 Å². The van der Waals surface area contributed by atoms with E-state index in [1.165, 1.54) is 12.3 Å². The number of aryl methyl sites for hydroxylation is 1. The zero-order valence-electron chi connectivity index (χ0n) is 17.7. The lowest BCUT2D eigenvalue weighted by Crippen LogP contribution is -2.30. The quantitative estimate of drug-likeness (QED) is 0.511. The Morgan fingerprint density at radius 2 is 2.00 bits per heavy atom. The molecule has 0 unspecified atom stereocenters. The number of pyridine rings is 1.